The number of carbonyl (C=O) groups is 2. The Labute approximate surface area is 171 Å². The summed E-state index contributed by atoms with van der Waals surface area (Å²) >= 11 is 3.35. The number of amides is 1. The molecule has 142 valence electrons. The molecule has 0 spiro atoms. The van der Waals surface area contributed by atoms with E-state index in [1.54, 1.807) is 47.4 Å². The second-order valence-corrected chi connectivity index (χ2v) is 7.67. The fraction of sp³-hybridized carbons (Fsp3) is 0.227. The Hall–Kier alpha value is -2.73. The summed E-state index contributed by atoms with van der Waals surface area (Å²) in [6, 6.07) is 14.1. The highest BCUT2D eigenvalue weighted by Crippen LogP contribution is 2.27. The van der Waals surface area contributed by atoms with Crippen LogP contribution in [0.3, 0.4) is 0 Å². The van der Waals surface area contributed by atoms with Crippen molar-refractivity contribution in [2.24, 2.45) is 4.99 Å². The first-order valence-corrected chi connectivity index (χ1v) is 10.1. The van der Waals surface area contributed by atoms with Crippen LogP contribution in [0.15, 0.2) is 63.7 Å². The Morgan fingerprint density at radius 2 is 1.86 bits per heavy atom. The minimum Gasteiger partial charge on any atom is -0.422 e. The van der Waals surface area contributed by atoms with Gasteiger partial charge >= 0.3 is 5.97 Å². The summed E-state index contributed by atoms with van der Waals surface area (Å²) < 4.78 is 6.47. The SMILES string of the molecule is O=C(Oc1ccccc1C=C1N=C2CCCCCN2C1=O)c1ccc(Br)cc1. The number of halogens is 1. The lowest BCUT2D eigenvalue weighted by molar-refractivity contribution is -0.122. The summed E-state index contributed by atoms with van der Waals surface area (Å²) in [5, 5.41) is 0. The monoisotopic (exact) mass is 438 g/mol. The number of hydrogen-bond donors (Lipinski definition) is 0. The van der Waals surface area contributed by atoms with Gasteiger partial charge in [-0.05, 0) is 49.2 Å². The van der Waals surface area contributed by atoms with E-state index in [-0.39, 0.29) is 5.91 Å². The second-order valence-electron chi connectivity index (χ2n) is 6.76. The lowest BCUT2D eigenvalue weighted by Gasteiger charge is -2.14. The van der Waals surface area contributed by atoms with Crippen molar-refractivity contribution < 1.29 is 14.3 Å². The molecule has 0 saturated carbocycles. The molecule has 2 aromatic carbocycles. The average Bonchev–Trinajstić information content (AvgIpc) is 2.85. The molecule has 4 rings (SSSR count). The number of ether oxygens (including phenoxy) is 1. The number of aliphatic imine (C=N–C) groups is 1. The van der Waals surface area contributed by atoms with Gasteiger partial charge in [-0.3, -0.25) is 9.69 Å². The predicted octanol–water partition coefficient (Wildman–Crippen LogP) is 4.82. The molecule has 6 heteroatoms. The van der Waals surface area contributed by atoms with Gasteiger partial charge in [0.2, 0.25) is 0 Å². The topological polar surface area (TPSA) is 59.0 Å². The van der Waals surface area contributed by atoms with Crippen molar-refractivity contribution >= 4 is 39.7 Å². The maximum Gasteiger partial charge on any atom is 0.343 e. The van der Waals surface area contributed by atoms with Crippen LogP contribution in [0.5, 0.6) is 5.75 Å². The van der Waals surface area contributed by atoms with Crippen LogP contribution in [0.1, 0.15) is 41.6 Å². The maximum atomic E-state index is 12.7. The molecule has 0 N–H and O–H groups in total. The van der Waals surface area contributed by atoms with Gasteiger partial charge in [0, 0.05) is 23.0 Å². The summed E-state index contributed by atoms with van der Waals surface area (Å²) in [6.07, 6.45) is 5.70. The van der Waals surface area contributed by atoms with E-state index in [4.69, 9.17) is 4.74 Å². The molecule has 0 aliphatic carbocycles. The molecule has 0 unspecified atom stereocenters. The van der Waals surface area contributed by atoms with E-state index >= 15 is 0 Å². The zero-order chi connectivity index (χ0) is 19.5. The average molecular weight is 439 g/mol. The molecule has 2 aromatic rings. The Kier molecular flexibility index (Phi) is 5.39. The standard InChI is InChI=1S/C22H19BrN2O3/c23-17-11-9-15(10-12-17)22(27)28-19-7-4-3-6-16(19)14-18-21(26)25-13-5-1-2-8-20(25)24-18/h3-4,6-7,9-12,14H,1-2,5,8,13H2. The number of hydrogen-bond acceptors (Lipinski definition) is 4. The van der Waals surface area contributed by atoms with Gasteiger partial charge in [-0.25, -0.2) is 9.79 Å². The van der Waals surface area contributed by atoms with Crippen LogP contribution in [-0.4, -0.2) is 29.2 Å². The van der Waals surface area contributed by atoms with Crippen molar-refractivity contribution in [2.75, 3.05) is 6.54 Å². The molecular formula is C22H19BrN2O3. The number of carbonyl (C=O) groups excluding carboxylic acids is 2. The molecule has 1 fully saturated rings. The van der Waals surface area contributed by atoms with Crippen LogP contribution in [0.25, 0.3) is 6.08 Å². The zero-order valence-electron chi connectivity index (χ0n) is 15.2. The van der Waals surface area contributed by atoms with Gasteiger partial charge in [-0.1, -0.05) is 40.5 Å². The molecule has 0 bridgehead atoms. The summed E-state index contributed by atoms with van der Waals surface area (Å²) in [4.78, 5) is 31.5. The van der Waals surface area contributed by atoms with Crippen LogP contribution >= 0.6 is 15.9 Å². The Bertz CT molecular complexity index is 980. The highest BCUT2D eigenvalue weighted by atomic mass is 79.9. The van der Waals surface area contributed by atoms with E-state index in [2.05, 4.69) is 20.9 Å². The van der Waals surface area contributed by atoms with Crippen LogP contribution in [-0.2, 0) is 4.79 Å². The number of rotatable bonds is 3. The van der Waals surface area contributed by atoms with Crippen LogP contribution < -0.4 is 4.74 Å². The van der Waals surface area contributed by atoms with Crippen LogP contribution in [0, 0.1) is 0 Å². The summed E-state index contributed by atoms with van der Waals surface area (Å²) in [7, 11) is 0. The smallest absolute Gasteiger partial charge is 0.343 e. The first-order valence-electron chi connectivity index (χ1n) is 9.30. The van der Waals surface area contributed by atoms with Crippen molar-refractivity contribution in [1.82, 2.24) is 4.90 Å². The number of esters is 1. The van der Waals surface area contributed by atoms with Crippen LogP contribution in [0.4, 0.5) is 0 Å². The molecular weight excluding hydrogens is 420 g/mol. The van der Waals surface area contributed by atoms with E-state index < -0.39 is 5.97 Å². The number of benzene rings is 2. The minimum absolute atomic E-state index is 0.0778. The molecule has 5 nitrogen and oxygen atoms in total. The first-order chi connectivity index (χ1) is 13.6. The van der Waals surface area contributed by atoms with E-state index in [0.29, 0.717) is 22.6 Å². The largest absolute Gasteiger partial charge is 0.422 e. The molecule has 0 atom stereocenters. The summed E-state index contributed by atoms with van der Waals surface area (Å²) in [5.74, 6) is 0.721. The lowest BCUT2D eigenvalue weighted by Crippen LogP contribution is -2.31. The van der Waals surface area contributed by atoms with E-state index in [0.717, 1.165) is 42.5 Å². The van der Waals surface area contributed by atoms with Gasteiger partial charge in [0.1, 0.15) is 17.3 Å². The number of para-hydroxylation sites is 1. The quantitative estimate of drug-likeness (QED) is 0.391. The van der Waals surface area contributed by atoms with Gasteiger partial charge in [0.05, 0.1) is 5.56 Å². The number of fused-ring (bicyclic) bond motifs is 1. The third-order valence-corrected chi connectivity index (χ3v) is 5.33. The van der Waals surface area contributed by atoms with Crippen molar-refractivity contribution in [3.05, 3.63) is 69.8 Å². The maximum absolute atomic E-state index is 12.7. The lowest BCUT2D eigenvalue weighted by atomic mass is 10.1. The molecule has 1 saturated heterocycles. The van der Waals surface area contributed by atoms with Crippen molar-refractivity contribution in [3.8, 4) is 5.75 Å². The zero-order valence-corrected chi connectivity index (χ0v) is 16.8. The Morgan fingerprint density at radius 3 is 2.68 bits per heavy atom. The predicted molar refractivity (Wildman–Crippen MR) is 111 cm³/mol. The molecule has 2 aliphatic heterocycles. The normalized spacial score (nSPS) is 17.9. The van der Waals surface area contributed by atoms with Gasteiger partial charge in [0.15, 0.2) is 0 Å². The molecule has 0 aromatic heterocycles. The van der Waals surface area contributed by atoms with Gasteiger partial charge in [-0.15, -0.1) is 0 Å². The van der Waals surface area contributed by atoms with Gasteiger partial charge in [-0.2, -0.15) is 0 Å². The molecule has 1 amide bonds. The fourth-order valence-corrected chi connectivity index (χ4v) is 3.60. The van der Waals surface area contributed by atoms with Crippen molar-refractivity contribution in [3.63, 3.8) is 0 Å². The van der Waals surface area contributed by atoms with E-state index in [1.807, 2.05) is 12.1 Å². The van der Waals surface area contributed by atoms with E-state index in [9.17, 15) is 9.59 Å². The number of amidine groups is 1. The van der Waals surface area contributed by atoms with Gasteiger partial charge in [0.25, 0.3) is 5.91 Å². The third kappa shape index (κ3) is 3.92. The highest BCUT2D eigenvalue weighted by Gasteiger charge is 2.30. The summed E-state index contributed by atoms with van der Waals surface area (Å²) in [5.41, 5.74) is 1.50. The summed E-state index contributed by atoms with van der Waals surface area (Å²) in [6.45, 7) is 0.717. The first kappa shape index (κ1) is 18.6. The third-order valence-electron chi connectivity index (χ3n) is 4.80. The van der Waals surface area contributed by atoms with Crippen molar-refractivity contribution in [1.29, 1.82) is 0 Å². The Balaban J connectivity index is 1.60. The van der Waals surface area contributed by atoms with Crippen molar-refractivity contribution in [2.45, 2.75) is 25.7 Å². The van der Waals surface area contributed by atoms with E-state index in [1.165, 1.54) is 0 Å². The van der Waals surface area contributed by atoms with Gasteiger partial charge < -0.3 is 4.74 Å². The minimum atomic E-state index is -0.448. The second kappa shape index (κ2) is 8.10. The molecule has 2 heterocycles. The molecule has 2 aliphatic rings. The number of nitrogens with zero attached hydrogens (tertiary/aromatic N) is 2. The highest BCUT2D eigenvalue weighted by molar-refractivity contribution is 9.10. The molecule has 0 radical (unpaired) electrons. The fourth-order valence-electron chi connectivity index (χ4n) is 3.33. The Morgan fingerprint density at radius 1 is 1.07 bits per heavy atom. The molecule has 28 heavy (non-hydrogen) atoms. The van der Waals surface area contributed by atoms with Crippen LogP contribution in [0.2, 0.25) is 0 Å².